The highest BCUT2D eigenvalue weighted by molar-refractivity contribution is 8.00. The Morgan fingerprint density at radius 3 is 2.70 bits per heavy atom. The van der Waals surface area contributed by atoms with Gasteiger partial charge in [-0.15, -0.1) is 11.8 Å². The Kier molecular flexibility index (Phi) is 5.92. The van der Waals surface area contributed by atoms with Crippen molar-refractivity contribution in [3.05, 3.63) is 29.8 Å². The van der Waals surface area contributed by atoms with Gasteiger partial charge in [0.25, 0.3) is 0 Å². The van der Waals surface area contributed by atoms with Crippen molar-refractivity contribution in [3.8, 4) is 0 Å². The van der Waals surface area contributed by atoms with Gasteiger partial charge in [-0.25, -0.2) is 0 Å². The lowest BCUT2D eigenvalue weighted by Gasteiger charge is -2.25. The van der Waals surface area contributed by atoms with Gasteiger partial charge in [-0.05, 0) is 50.2 Å². The van der Waals surface area contributed by atoms with Gasteiger partial charge in [0.05, 0.1) is 11.9 Å². The molecule has 110 valence electrons. The second-order valence-corrected chi connectivity index (χ2v) is 6.55. The van der Waals surface area contributed by atoms with Crippen LogP contribution >= 0.6 is 11.8 Å². The minimum absolute atomic E-state index is 0.101. The van der Waals surface area contributed by atoms with E-state index in [1.165, 1.54) is 10.5 Å². The highest BCUT2D eigenvalue weighted by Gasteiger charge is 2.19. The summed E-state index contributed by atoms with van der Waals surface area (Å²) in [4.78, 5) is 13.0. The highest BCUT2D eigenvalue weighted by Crippen LogP contribution is 2.24. The highest BCUT2D eigenvalue weighted by atomic mass is 32.2. The molecule has 1 aliphatic carbocycles. The quantitative estimate of drug-likeness (QED) is 0.821. The molecule has 0 spiro atoms. The molecular formula is C16H23NO2S. The van der Waals surface area contributed by atoms with Crippen molar-refractivity contribution in [2.75, 3.05) is 12.3 Å². The fourth-order valence-corrected chi connectivity index (χ4v) is 3.38. The molecule has 1 fully saturated rings. The average Bonchev–Trinajstić information content (AvgIpc) is 2.46. The lowest BCUT2D eigenvalue weighted by atomic mass is 9.87. The van der Waals surface area contributed by atoms with E-state index in [1.807, 2.05) is 12.1 Å². The average molecular weight is 293 g/mol. The molecule has 0 atom stereocenters. The number of amides is 1. The van der Waals surface area contributed by atoms with Crippen LogP contribution in [-0.2, 0) is 4.79 Å². The van der Waals surface area contributed by atoms with Gasteiger partial charge in [-0.3, -0.25) is 4.79 Å². The van der Waals surface area contributed by atoms with Crippen molar-refractivity contribution in [2.24, 2.45) is 5.92 Å². The number of carbonyl (C=O) groups is 1. The number of rotatable bonds is 5. The summed E-state index contributed by atoms with van der Waals surface area (Å²) in [5.41, 5.74) is 1.21. The number of benzene rings is 1. The predicted octanol–water partition coefficient (Wildman–Crippen LogP) is 2.75. The van der Waals surface area contributed by atoms with Crippen LogP contribution < -0.4 is 5.32 Å². The van der Waals surface area contributed by atoms with Crippen LogP contribution in [-0.4, -0.2) is 29.4 Å². The Balaban J connectivity index is 1.67. The largest absolute Gasteiger partial charge is 0.393 e. The van der Waals surface area contributed by atoms with Gasteiger partial charge in [0.15, 0.2) is 0 Å². The lowest BCUT2D eigenvalue weighted by Crippen LogP contribution is -2.33. The molecule has 0 heterocycles. The van der Waals surface area contributed by atoms with E-state index in [0.29, 0.717) is 11.7 Å². The van der Waals surface area contributed by atoms with Crippen molar-refractivity contribution >= 4 is 17.7 Å². The SMILES string of the molecule is Cc1ccccc1SCC(=O)NCC1CCC(O)CC1. The van der Waals surface area contributed by atoms with Crippen LogP contribution in [0.25, 0.3) is 0 Å². The Hall–Kier alpha value is -1.00. The molecule has 0 bridgehead atoms. The van der Waals surface area contributed by atoms with Crippen LogP contribution in [0.1, 0.15) is 31.2 Å². The monoisotopic (exact) mass is 293 g/mol. The molecule has 0 aromatic heterocycles. The maximum atomic E-state index is 11.9. The van der Waals surface area contributed by atoms with Crippen molar-refractivity contribution in [1.82, 2.24) is 5.32 Å². The number of thioether (sulfide) groups is 1. The first-order valence-corrected chi connectivity index (χ1v) is 8.27. The molecule has 1 aromatic carbocycles. The van der Waals surface area contributed by atoms with E-state index in [2.05, 4.69) is 24.4 Å². The Labute approximate surface area is 125 Å². The molecule has 0 saturated heterocycles. The zero-order chi connectivity index (χ0) is 14.4. The van der Waals surface area contributed by atoms with Gasteiger partial charge in [0, 0.05) is 11.4 Å². The number of nitrogens with one attached hydrogen (secondary N) is 1. The maximum Gasteiger partial charge on any atom is 0.230 e. The van der Waals surface area contributed by atoms with Crippen LogP contribution in [0, 0.1) is 12.8 Å². The molecule has 4 heteroatoms. The second kappa shape index (κ2) is 7.70. The molecule has 1 amide bonds. The Morgan fingerprint density at radius 1 is 1.30 bits per heavy atom. The van der Waals surface area contributed by atoms with Crippen LogP contribution in [0.3, 0.4) is 0 Å². The van der Waals surface area contributed by atoms with Gasteiger partial charge < -0.3 is 10.4 Å². The molecule has 20 heavy (non-hydrogen) atoms. The van der Waals surface area contributed by atoms with E-state index in [9.17, 15) is 9.90 Å². The number of hydrogen-bond donors (Lipinski definition) is 2. The van der Waals surface area contributed by atoms with Gasteiger partial charge >= 0.3 is 0 Å². The smallest absolute Gasteiger partial charge is 0.230 e. The van der Waals surface area contributed by atoms with Crippen molar-refractivity contribution in [3.63, 3.8) is 0 Å². The number of hydrogen-bond acceptors (Lipinski definition) is 3. The number of aliphatic hydroxyl groups is 1. The van der Waals surface area contributed by atoms with E-state index in [1.54, 1.807) is 11.8 Å². The normalized spacial score (nSPS) is 22.5. The second-order valence-electron chi connectivity index (χ2n) is 5.53. The predicted molar refractivity (Wildman–Crippen MR) is 82.9 cm³/mol. The van der Waals surface area contributed by atoms with E-state index >= 15 is 0 Å². The number of aliphatic hydroxyl groups excluding tert-OH is 1. The van der Waals surface area contributed by atoms with E-state index in [0.717, 1.165) is 32.2 Å². The van der Waals surface area contributed by atoms with Crippen LogP contribution in [0.2, 0.25) is 0 Å². The van der Waals surface area contributed by atoms with Gasteiger partial charge in [0.1, 0.15) is 0 Å². The van der Waals surface area contributed by atoms with Gasteiger partial charge in [-0.1, -0.05) is 18.2 Å². The van der Waals surface area contributed by atoms with E-state index < -0.39 is 0 Å². The molecule has 1 aromatic rings. The summed E-state index contributed by atoms with van der Waals surface area (Å²) >= 11 is 1.59. The third kappa shape index (κ3) is 4.84. The molecule has 2 N–H and O–H groups in total. The standard InChI is InChI=1S/C16H23NO2S/c1-12-4-2-3-5-15(12)20-11-16(19)17-10-13-6-8-14(18)9-7-13/h2-5,13-14,18H,6-11H2,1H3,(H,17,19). The first-order chi connectivity index (χ1) is 9.65. The third-order valence-electron chi connectivity index (χ3n) is 3.86. The summed E-state index contributed by atoms with van der Waals surface area (Å²) in [6.07, 6.45) is 3.66. The van der Waals surface area contributed by atoms with Crippen molar-refractivity contribution < 1.29 is 9.90 Å². The third-order valence-corrected chi connectivity index (χ3v) is 5.03. The summed E-state index contributed by atoms with van der Waals surface area (Å²) in [6, 6.07) is 8.13. The summed E-state index contributed by atoms with van der Waals surface area (Å²) < 4.78 is 0. The lowest BCUT2D eigenvalue weighted by molar-refractivity contribution is -0.118. The fraction of sp³-hybridized carbons (Fsp3) is 0.562. The van der Waals surface area contributed by atoms with Crippen LogP contribution in [0.5, 0.6) is 0 Å². The van der Waals surface area contributed by atoms with Crippen LogP contribution in [0.15, 0.2) is 29.2 Å². The minimum atomic E-state index is -0.126. The molecule has 0 radical (unpaired) electrons. The molecule has 2 rings (SSSR count). The zero-order valence-electron chi connectivity index (χ0n) is 12.0. The summed E-state index contributed by atoms with van der Waals surface area (Å²) in [5, 5.41) is 12.5. The topological polar surface area (TPSA) is 49.3 Å². The minimum Gasteiger partial charge on any atom is -0.393 e. The number of aryl methyl sites for hydroxylation is 1. The molecule has 3 nitrogen and oxygen atoms in total. The zero-order valence-corrected chi connectivity index (χ0v) is 12.8. The van der Waals surface area contributed by atoms with Gasteiger partial charge in [-0.2, -0.15) is 0 Å². The van der Waals surface area contributed by atoms with E-state index in [4.69, 9.17) is 0 Å². The van der Waals surface area contributed by atoms with Crippen molar-refractivity contribution in [1.29, 1.82) is 0 Å². The Morgan fingerprint density at radius 2 is 2.00 bits per heavy atom. The Bertz CT molecular complexity index is 442. The summed E-state index contributed by atoms with van der Waals surface area (Å²) in [6.45, 7) is 2.81. The van der Waals surface area contributed by atoms with Crippen LogP contribution in [0.4, 0.5) is 0 Å². The van der Waals surface area contributed by atoms with E-state index in [-0.39, 0.29) is 12.0 Å². The van der Waals surface area contributed by atoms with Gasteiger partial charge in [0.2, 0.25) is 5.91 Å². The molecule has 0 aliphatic heterocycles. The number of carbonyl (C=O) groups excluding carboxylic acids is 1. The fourth-order valence-electron chi connectivity index (χ4n) is 2.52. The van der Waals surface area contributed by atoms with Crippen molar-refractivity contribution in [2.45, 2.75) is 43.6 Å². The first kappa shape index (κ1) is 15.4. The molecular weight excluding hydrogens is 270 g/mol. The molecule has 0 unspecified atom stereocenters. The molecule has 1 aliphatic rings. The maximum absolute atomic E-state index is 11.9. The summed E-state index contributed by atoms with van der Waals surface area (Å²) in [5.74, 6) is 1.11. The summed E-state index contributed by atoms with van der Waals surface area (Å²) in [7, 11) is 0. The molecule has 1 saturated carbocycles. The first-order valence-electron chi connectivity index (χ1n) is 7.28.